The first-order valence-corrected chi connectivity index (χ1v) is 8.01. The molecule has 124 valence electrons. The number of pyridine rings is 1. The summed E-state index contributed by atoms with van der Waals surface area (Å²) in [6, 6.07) is 3.68. The molecule has 0 aromatic carbocycles. The molecule has 23 heavy (non-hydrogen) atoms. The van der Waals surface area contributed by atoms with Gasteiger partial charge in [0.2, 0.25) is 0 Å². The van der Waals surface area contributed by atoms with Crippen LogP contribution in [0.4, 0.5) is 0 Å². The maximum absolute atomic E-state index is 12.7. The number of carbonyl (C=O) groups excluding carboxylic acids is 1. The number of amides is 1. The zero-order chi connectivity index (χ0) is 16.4. The van der Waals surface area contributed by atoms with Crippen LogP contribution in [0.1, 0.15) is 29.9 Å². The van der Waals surface area contributed by atoms with Gasteiger partial charge in [0.1, 0.15) is 5.65 Å². The molecular formula is C17H23N3O3. The molecule has 0 radical (unpaired) electrons. The van der Waals surface area contributed by atoms with Gasteiger partial charge in [-0.3, -0.25) is 4.79 Å². The van der Waals surface area contributed by atoms with E-state index < -0.39 is 0 Å². The molecular weight excluding hydrogens is 294 g/mol. The number of rotatable bonds is 4. The van der Waals surface area contributed by atoms with E-state index in [1.807, 2.05) is 54.6 Å². The quantitative estimate of drug-likeness (QED) is 0.864. The molecule has 1 unspecified atom stereocenters. The number of aromatic nitrogens is 2. The Labute approximate surface area is 136 Å². The normalized spacial score (nSPS) is 18.8. The molecule has 0 saturated carbocycles. The monoisotopic (exact) mass is 317 g/mol. The van der Waals surface area contributed by atoms with E-state index in [1.54, 1.807) is 0 Å². The van der Waals surface area contributed by atoms with Gasteiger partial charge in [-0.25, -0.2) is 4.98 Å². The number of hydrogen-bond donors (Lipinski definition) is 0. The van der Waals surface area contributed by atoms with Crippen molar-refractivity contribution in [1.29, 1.82) is 0 Å². The van der Waals surface area contributed by atoms with E-state index in [0.717, 1.165) is 11.3 Å². The molecule has 1 aliphatic heterocycles. The maximum atomic E-state index is 12.7. The molecule has 1 aliphatic rings. The van der Waals surface area contributed by atoms with Crippen LogP contribution >= 0.6 is 0 Å². The van der Waals surface area contributed by atoms with E-state index in [2.05, 4.69) is 4.98 Å². The zero-order valence-corrected chi connectivity index (χ0v) is 13.9. The van der Waals surface area contributed by atoms with Crippen molar-refractivity contribution in [2.75, 3.05) is 26.3 Å². The van der Waals surface area contributed by atoms with Gasteiger partial charge in [-0.05, 0) is 32.9 Å². The summed E-state index contributed by atoms with van der Waals surface area (Å²) in [7, 11) is 0. The van der Waals surface area contributed by atoms with Crippen LogP contribution in [-0.4, -0.2) is 58.7 Å². The molecule has 0 bridgehead atoms. The van der Waals surface area contributed by atoms with Crippen molar-refractivity contribution in [1.82, 2.24) is 14.3 Å². The first-order chi connectivity index (χ1) is 11.0. The highest BCUT2D eigenvalue weighted by Gasteiger charge is 2.25. The third kappa shape index (κ3) is 3.71. The van der Waals surface area contributed by atoms with Gasteiger partial charge in [0.15, 0.2) is 0 Å². The molecule has 6 nitrogen and oxygen atoms in total. The summed E-state index contributed by atoms with van der Waals surface area (Å²) in [6.45, 7) is 8.15. The van der Waals surface area contributed by atoms with Crippen LogP contribution in [0, 0.1) is 6.92 Å². The second kappa shape index (κ2) is 6.68. The van der Waals surface area contributed by atoms with Crippen LogP contribution in [0.25, 0.3) is 5.65 Å². The fraction of sp³-hybridized carbons (Fsp3) is 0.529. The molecule has 6 heteroatoms. The average molecular weight is 317 g/mol. The number of ether oxygens (including phenoxy) is 2. The molecule has 0 aliphatic carbocycles. The van der Waals surface area contributed by atoms with Gasteiger partial charge in [0, 0.05) is 31.0 Å². The number of carbonyl (C=O) groups is 1. The molecule has 3 heterocycles. The molecule has 1 saturated heterocycles. The summed E-state index contributed by atoms with van der Waals surface area (Å²) in [4.78, 5) is 19.0. The van der Waals surface area contributed by atoms with Crippen LogP contribution < -0.4 is 0 Å². The lowest BCUT2D eigenvalue weighted by Gasteiger charge is -2.33. The predicted octanol–water partition coefficient (Wildman–Crippen LogP) is 1.91. The van der Waals surface area contributed by atoms with E-state index in [1.165, 1.54) is 0 Å². The number of imidazole rings is 1. The Hall–Kier alpha value is -1.92. The molecule has 0 spiro atoms. The van der Waals surface area contributed by atoms with Gasteiger partial charge in [-0.2, -0.15) is 0 Å². The molecule has 2 aromatic heterocycles. The lowest BCUT2D eigenvalue weighted by Crippen LogP contribution is -2.47. The summed E-state index contributed by atoms with van der Waals surface area (Å²) >= 11 is 0. The fourth-order valence-electron chi connectivity index (χ4n) is 2.73. The Kier molecular flexibility index (Phi) is 4.63. The number of hydrogen-bond acceptors (Lipinski definition) is 4. The van der Waals surface area contributed by atoms with Gasteiger partial charge in [0.05, 0.1) is 31.1 Å². The third-order valence-electron chi connectivity index (χ3n) is 3.87. The highest BCUT2D eigenvalue weighted by atomic mass is 16.5. The lowest BCUT2D eigenvalue weighted by molar-refractivity contribution is -0.0725. The zero-order valence-electron chi connectivity index (χ0n) is 13.9. The second-order valence-electron chi connectivity index (χ2n) is 6.19. The highest BCUT2D eigenvalue weighted by Crippen LogP contribution is 2.14. The third-order valence-corrected chi connectivity index (χ3v) is 3.87. The first-order valence-electron chi connectivity index (χ1n) is 8.01. The van der Waals surface area contributed by atoms with Crippen molar-refractivity contribution in [2.45, 2.75) is 33.0 Å². The first kappa shape index (κ1) is 16.0. The number of nitrogens with zero attached hydrogens (tertiary/aromatic N) is 3. The molecule has 1 amide bonds. The van der Waals surface area contributed by atoms with Crippen LogP contribution in [0.3, 0.4) is 0 Å². The smallest absolute Gasteiger partial charge is 0.254 e. The summed E-state index contributed by atoms with van der Waals surface area (Å²) in [5.41, 5.74) is 2.39. The Balaban J connectivity index is 1.70. The van der Waals surface area contributed by atoms with Crippen molar-refractivity contribution in [3.05, 3.63) is 35.8 Å². The average Bonchev–Trinajstić information content (AvgIpc) is 2.91. The Morgan fingerprint density at radius 3 is 3.13 bits per heavy atom. The number of fused-ring (bicyclic) bond motifs is 1. The van der Waals surface area contributed by atoms with Gasteiger partial charge >= 0.3 is 0 Å². The largest absolute Gasteiger partial charge is 0.376 e. The molecule has 1 fully saturated rings. The minimum atomic E-state index is -0.0625. The molecule has 2 aromatic rings. The van der Waals surface area contributed by atoms with Gasteiger partial charge in [-0.15, -0.1) is 0 Å². The minimum Gasteiger partial charge on any atom is -0.376 e. The van der Waals surface area contributed by atoms with E-state index >= 15 is 0 Å². The standard InChI is InChI=1S/C17H23N3O3/c1-12(2)23-11-15-10-20(6-7-22-15)17(21)14-4-5-19-9-13(3)18-16(19)8-14/h4-5,8-9,12,15H,6-7,10-11H2,1-3H3. The Morgan fingerprint density at radius 2 is 2.35 bits per heavy atom. The Bertz CT molecular complexity index is 695. The van der Waals surface area contributed by atoms with Crippen LogP contribution in [-0.2, 0) is 9.47 Å². The molecule has 1 atom stereocenters. The van der Waals surface area contributed by atoms with Gasteiger partial charge in [0.25, 0.3) is 5.91 Å². The number of aryl methyl sites for hydroxylation is 1. The maximum Gasteiger partial charge on any atom is 0.254 e. The van der Waals surface area contributed by atoms with Crippen molar-refractivity contribution in [3.63, 3.8) is 0 Å². The lowest BCUT2D eigenvalue weighted by atomic mass is 10.2. The van der Waals surface area contributed by atoms with E-state index in [4.69, 9.17) is 9.47 Å². The summed E-state index contributed by atoms with van der Waals surface area (Å²) < 4.78 is 13.2. The van der Waals surface area contributed by atoms with Gasteiger partial charge in [-0.1, -0.05) is 0 Å². The van der Waals surface area contributed by atoms with E-state index in [-0.39, 0.29) is 18.1 Å². The van der Waals surface area contributed by atoms with Crippen molar-refractivity contribution >= 4 is 11.6 Å². The van der Waals surface area contributed by atoms with Gasteiger partial charge < -0.3 is 18.8 Å². The van der Waals surface area contributed by atoms with Crippen molar-refractivity contribution in [2.24, 2.45) is 0 Å². The predicted molar refractivity (Wildman–Crippen MR) is 86.7 cm³/mol. The van der Waals surface area contributed by atoms with Crippen molar-refractivity contribution < 1.29 is 14.3 Å². The highest BCUT2D eigenvalue weighted by molar-refractivity contribution is 5.95. The summed E-state index contributed by atoms with van der Waals surface area (Å²) in [6.07, 6.45) is 3.92. The second-order valence-corrected chi connectivity index (χ2v) is 6.19. The molecule has 0 N–H and O–H groups in total. The van der Waals surface area contributed by atoms with Crippen LogP contribution in [0.2, 0.25) is 0 Å². The Morgan fingerprint density at radius 1 is 1.52 bits per heavy atom. The van der Waals surface area contributed by atoms with E-state index in [0.29, 0.717) is 31.9 Å². The van der Waals surface area contributed by atoms with Crippen LogP contribution in [0.5, 0.6) is 0 Å². The summed E-state index contributed by atoms with van der Waals surface area (Å²) in [5.74, 6) is 0.0194. The SMILES string of the molecule is Cc1cn2ccc(C(=O)N3CCOC(COC(C)C)C3)cc2n1. The summed E-state index contributed by atoms with van der Waals surface area (Å²) in [5, 5.41) is 0. The number of morpholine rings is 1. The topological polar surface area (TPSA) is 56.1 Å². The fourth-order valence-corrected chi connectivity index (χ4v) is 2.73. The van der Waals surface area contributed by atoms with E-state index in [9.17, 15) is 4.79 Å². The molecule has 3 rings (SSSR count). The minimum absolute atomic E-state index is 0.0194. The van der Waals surface area contributed by atoms with Crippen molar-refractivity contribution in [3.8, 4) is 0 Å². The van der Waals surface area contributed by atoms with Crippen LogP contribution in [0.15, 0.2) is 24.5 Å².